The maximum atomic E-state index is 11.4. The summed E-state index contributed by atoms with van der Waals surface area (Å²) in [5.74, 6) is -0.486. The number of aliphatic hydroxyl groups is 1. The van der Waals surface area contributed by atoms with Crippen molar-refractivity contribution in [2.75, 3.05) is 13.7 Å². The Balaban J connectivity index is 2.44. The second-order valence-corrected chi connectivity index (χ2v) is 5.70. The van der Waals surface area contributed by atoms with Gasteiger partial charge in [0.15, 0.2) is 0 Å². The number of nitrogens with one attached hydrogen (secondary N) is 1. The molecule has 1 amide bonds. The summed E-state index contributed by atoms with van der Waals surface area (Å²) in [6.07, 6.45) is 0.241. The van der Waals surface area contributed by atoms with E-state index in [1.165, 1.54) is 19.4 Å². The molecule has 1 aromatic rings. The van der Waals surface area contributed by atoms with Gasteiger partial charge in [-0.25, -0.2) is 9.59 Å². The Labute approximate surface area is 129 Å². The van der Waals surface area contributed by atoms with Crippen LogP contribution in [-0.4, -0.2) is 41.4 Å². The zero-order valence-corrected chi connectivity index (χ0v) is 13.3. The Morgan fingerprint density at radius 3 is 2.55 bits per heavy atom. The van der Waals surface area contributed by atoms with E-state index in [1.807, 2.05) is 0 Å². The SMILES string of the molecule is COC(=O)c1ccc(C(O)CCNC(=O)OC(C)(C)C)nc1. The van der Waals surface area contributed by atoms with Gasteiger partial charge in [-0.2, -0.15) is 0 Å². The number of nitrogens with zero attached hydrogens (tertiary/aromatic N) is 1. The van der Waals surface area contributed by atoms with E-state index in [0.29, 0.717) is 11.3 Å². The molecule has 1 aromatic heterocycles. The van der Waals surface area contributed by atoms with Crippen molar-refractivity contribution in [3.63, 3.8) is 0 Å². The predicted octanol–water partition coefficient (Wildman–Crippen LogP) is 1.82. The van der Waals surface area contributed by atoms with Crippen molar-refractivity contribution >= 4 is 12.1 Å². The summed E-state index contributed by atoms with van der Waals surface area (Å²) in [4.78, 5) is 26.7. The van der Waals surface area contributed by atoms with Crippen molar-refractivity contribution in [1.29, 1.82) is 0 Å². The Hall–Kier alpha value is -2.15. The van der Waals surface area contributed by atoms with Crippen molar-refractivity contribution in [3.8, 4) is 0 Å². The largest absolute Gasteiger partial charge is 0.465 e. The molecule has 22 heavy (non-hydrogen) atoms. The molecule has 122 valence electrons. The zero-order valence-electron chi connectivity index (χ0n) is 13.3. The van der Waals surface area contributed by atoms with E-state index in [1.54, 1.807) is 26.8 Å². The van der Waals surface area contributed by atoms with E-state index in [9.17, 15) is 14.7 Å². The van der Waals surface area contributed by atoms with Gasteiger partial charge in [0.1, 0.15) is 5.60 Å². The summed E-state index contributed by atoms with van der Waals surface area (Å²) in [5, 5.41) is 12.5. The van der Waals surface area contributed by atoms with E-state index in [2.05, 4.69) is 15.0 Å². The number of ether oxygens (including phenoxy) is 2. The highest BCUT2D eigenvalue weighted by molar-refractivity contribution is 5.88. The number of methoxy groups -OCH3 is 1. The van der Waals surface area contributed by atoms with Crippen LogP contribution in [0.2, 0.25) is 0 Å². The van der Waals surface area contributed by atoms with E-state index in [4.69, 9.17) is 4.74 Å². The van der Waals surface area contributed by atoms with Crippen molar-refractivity contribution in [3.05, 3.63) is 29.6 Å². The summed E-state index contributed by atoms with van der Waals surface area (Å²) in [6, 6.07) is 3.07. The Morgan fingerprint density at radius 1 is 1.36 bits per heavy atom. The van der Waals surface area contributed by atoms with Crippen LogP contribution in [0.3, 0.4) is 0 Å². The summed E-state index contributed by atoms with van der Waals surface area (Å²) in [6.45, 7) is 5.56. The van der Waals surface area contributed by atoms with Crippen molar-refractivity contribution in [1.82, 2.24) is 10.3 Å². The molecule has 0 spiro atoms. The van der Waals surface area contributed by atoms with Crippen LogP contribution in [0.4, 0.5) is 4.79 Å². The van der Waals surface area contributed by atoms with Gasteiger partial charge < -0.3 is 19.9 Å². The first-order valence-electron chi connectivity index (χ1n) is 6.92. The van der Waals surface area contributed by atoms with Crippen LogP contribution >= 0.6 is 0 Å². The average Bonchev–Trinajstić information content (AvgIpc) is 2.44. The number of carbonyl (C=O) groups is 2. The number of rotatable bonds is 5. The molecule has 7 heteroatoms. The van der Waals surface area contributed by atoms with Gasteiger partial charge in [0.05, 0.1) is 24.5 Å². The molecule has 7 nitrogen and oxygen atoms in total. The minimum atomic E-state index is -0.846. The Kier molecular flexibility index (Phi) is 6.30. The zero-order chi connectivity index (χ0) is 16.8. The highest BCUT2D eigenvalue weighted by Gasteiger charge is 2.16. The molecule has 0 aliphatic rings. The predicted molar refractivity (Wildman–Crippen MR) is 79.4 cm³/mol. The van der Waals surface area contributed by atoms with Crippen LogP contribution in [0.25, 0.3) is 0 Å². The molecular weight excluding hydrogens is 288 g/mol. The number of aliphatic hydroxyl groups excluding tert-OH is 1. The van der Waals surface area contributed by atoms with Gasteiger partial charge in [0.25, 0.3) is 0 Å². The Bertz CT molecular complexity index is 508. The summed E-state index contributed by atoms with van der Waals surface area (Å²) >= 11 is 0. The van der Waals surface area contributed by atoms with Crippen LogP contribution < -0.4 is 5.32 Å². The van der Waals surface area contributed by atoms with Crippen LogP contribution in [-0.2, 0) is 9.47 Å². The van der Waals surface area contributed by atoms with Crippen LogP contribution in [0.15, 0.2) is 18.3 Å². The summed E-state index contributed by atoms with van der Waals surface area (Å²) in [7, 11) is 1.29. The minimum Gasteiger partial charge on any atom is -0.465 e. The molecule has 0 saturated heterocycles. The highest BCUT2D eigenvalue weighted by Crippen LogP contribution is 2.14. The highest BCUT2D eigenvalue weighted by atomic mass is 16.6. The lowest BCUT2D eigenvalue weighted by atomic mass is 10.1. The fourth-order valence-corrected chi connectivity index (χ4v) is 1.61. The second kappa shape index (κ2) is 7.74. The van der Waals surface area contributed by atoms with Crippen LogP contribution in [0, 0.1) is 0 Å². The molecular formula is C15H22N2O5. The summed E-state index contributed by atoms with van der Waals surface area (Å²) < 4.78 is 9.65. The number of amides is 1. The third kappa shape index (κ3) is 6.09. The van der Waals surface area contributed by atoms with Crippen molar-refractivity contribution < 1.29 is 24.2 Å². The van der Waals surface area contributed by atoms with Crippen LogP contribution in [0.1, 0.15) is 49.3 Å². The topological polar surface area (TPSA) is 97.8 Å². The number of esters is 1. The fraction of sp³-hybridized carbons (Fsp3) is 0.533. The van der Waals surface area contributed by atoms with Gasteiger partial charge in [-0.05, 0) is 39.3 Å². The molecule has 2 N–H and O–H groups in total. The average molecular weight is 310 g/mol. The molecule has 0 aromatic carbocycles. The minimum absolute atomic E-state index is 0.247. The lowest BCUT2D eigenvalue weighted by Gasteiger charge is -2.20. The molecule has 0 radical (unpaired) electrons. The van der Waals surface area contributed by atoms with Crippen molar-refractivity contribution in [2.24, 2.45) is 0 Å². The van der Waals surface area contributed by atoms with Gasteiger partial charge in [-0.1, -0.05) is 0 Å². The first kappa shape index (κ1) is 17.9. The van der Waals surface area contributed by atoms with Crippen molar-refractivity contribution in [2.45, 2.75) is 38.9 Å². The molecule has 0 aliphatic heterocycles. The monoisotopic (exact) mass is 310 g/mol. The van der Waals surface area contributed by atoms with Gasteiger partial charge in [-0.15, -0.1) is 0 Å². The molecule has 1 heterocycles. The normalized spacial score (nSPS) is 12.4. The third-order valence-electron chi connectivity index (χ3n) is 2.63. The van der Waals surface area contributed by atoms with E-state index in [0.717, 1.165) is 0 Å². The van der Waals surface area contributed by atoms with Gasteiger partial charge in [0, 0.05) is 12.7 Å². The van der Waals surface area contributed by atoms with Gasteiger partial charge >= 0.3 is 12.1 Å². The standard InChI is InChI=1S/C15H22N2O5/c1-15(2,3)22-14(20)16-8-7-12(18)11-6-5-10(9-17-11)13(19)21-4/h5-6,9,12,18H,7-8H2,1-4H3,(H,16,20). The lowest BCUT2D eigenvalue weighted by molar-refractivity contribution is 0.0516. The van der Waals surface area contributed by atoms with Crippen LogP contribution in [0.5, 0.6) is 0 Å². The maximum Gasteiger partial charge on any atom is 0.407 e. The first-order valence-corrected chi connectivity index (χ1v) is 6.92. The third-order valence-corrected chi connectivity index (χ3v) is 2.63. The molecule has 1 atom stereocenters. The quantitative estimate of drug-likeness (QED) is 0.805. The molecule has 0 aliphatic carbocycles. The Morgan fingerprint density at radius 2 is 2.05 bits per heavy atom. The smallest absolute Gasteiger partial charge is 0.407 e. The first-order chi connectivity index (χ1) is 10.2. The fourth-order valence-electron chi connectivity index (χ4n) is 1.61. The number of hydrogen-bond acceptors (Lipinski definition) is 6. The molecule has 0 saturated carbocycles. The number of pyridine rings is 1. The lowest BCUT2D eigenvalue weighted by Crippen LogP contribution is -2.33. The van der Waals surface area contributed by atoms with Gasteiger partial charge in [-0.3, -0.25) is 4.98 Å². The number of hydrogen-bond donors (Lipinski definition) is 2. The van der Waals surface area contributed by atoms with E-state index >= 15 is 0 Å². The number of carbonyl (C=O) groups excluding carboxylic acids is 2. The molecule has 0 fully saturated rings. The maximum absolute atomic E-state index is 11.4. The van der Waals surface area contributed by atoms with E-state index < -0.39 is 23.8 Å². The molecule has 0 bridgehead atoms. The number of aromatic nitrogens is 1. The van der Waals surface area contributed by atoms with Gasteiger partial charge in [0.2, 0.25) is 0 Å². The van der Waals surface area contributed by atoms with E-state index in [-0.39, 0.29) is 13.0 Å². The molecule has 1 rings (SSSR count). The number of alkyl carbamates (subject to hydrolysis) is 1. The second-order valence-electron chi connectivity index (χ2n) is 5.70. The summed E-state index contributed by atoms with van der Waals surface area (Å²) in [5.41, 5.74) is 0.164. The molecule has 1 unspecified atom stereocenters.